The molecule has 2 rings (SSSR count). The molecule has 6 nitrogen and oxygen atoms in total. The molecule has 3 N–H and O–H groups in total. The lowest BCUT2D eigenvalue weighted by Crippen LogP contribution is -2.32. The third-order valence-corrected chi connectivity index (χ3v) is 5.76. The number of hydrogen-bond donors (Lipinski definition) is 3. The number of anilines is 1. The lowest BCUT2D eigenvalue weighted by Gasteiger charge is -2.18. The highest BCUT2D eigenvalue weighted by atomic mass is 32.2. The molecule has 0 bridgehead atoms. The third kappa shape index (κ3) is 4.83. The van der Waals surface area contributed by atoms with E-state index in [-0.39, 0.29) is 22.5 Å². The van der Waals surface area contributed by atoms with Crippen LogP contribution in [0, 0.1) is 0 Å². The zero-order valence-electron chi connectivity index (χ0n) is 15.1. The van der Waals surface area contributed by atoms with Crippen molar-refractivity contribution in [3.8, 4) is 0 Å². The third-order valence-electron chi connectivity index (χ3n) is 4.17. The summed E-state index contributed by atoms with van der Waals surface area (Å²) in [6.07, 6.45) is 0.638. The van der Waals surface area contributed by atoms with Crippen molar-refractivity contribution in [1.82, 2.24) is 4.72 Å². The van der Waals surface area contributed by atoms with E-state index in [1.807, 2.05) is 44.2 Å². The average Bonchev–Trinajstić information content (AvgIpc) is 2.61. The number of nitrogens with one attached hydrogen (secondary N) is 2. The molecule has 2 aromatic rings. The van der Waals surface area contributed by atoms with Crippen LogP contribution < -0.4 is 10.0 Å². The molecule has 0 saturated heterocycles. The van der Waals surface area contributed by atoms with Gasteiger partial charge in [-0.3, -0.25) is 0 Å². The van der Waals surface area contributed by atoms with Crippen LogP contribution in [0.5, 0.6) is 0 Å². The molecule has 0 radical (unpaired) electrons. The zero-order valence-corrected chi connectivity index (χ0v) is 15.9. The normalized spacial score (nSPS) is 13.8. The Morgan fingerprint density at radius 3 is 2.35 bits per heavy atom. The van der Waals surface area contributed by atoms with Gasteiger partial charge in [0.25, 0.3) is 0 Å². The van der Waals surface area contributed by atoms with Crippen LogP contribution in [-0.4, -0.2) is 25.5 Å². The van der Waals surface area contributed by atoms with Crippen LogP contribution in [0.15, 0.2) is 53.4 Å². The molecule has 2 unspecified atom stereocenters. The summed E-state index contributed by atoms with van der Waals surface area (Å²) in [6, 6.07) is 13.3. The van der Waals surface area contributed by atoms with Gasteiger partial charge in [-0.15, -0.1) is 0 Å². The fraction of sp³-hybridized carbons (Fsp3) is 0.316. The first-order valence-corrected chi connectivity index (χ1v) is 9.94. The van der Waals surface area contributed by atoms with Gasteiger partial charge in [0.2, 0.25) is 10.0 Å². The minimum atomic E-state index is -3.77. The molecule has 140 valence electrons. The molecule has 26 heavy (non-hydrogen) atoms. The van der Waals surface area contributed by atoms with Crippen molar-refractivity contribution in [2.24, 2.45) is 0 Å². The van der Waals surface area contributed by atoms with Gasteiger partial charge in [0.15, 0.2) is 0 Å². The van der Waals surface area contributed by atoms with Crippen molar-refractivity contribution in [3.05, 3.63) is 59.7 Å². The van der Waals surface area contributed by atoms with Gasteiger partial charge in [0, 0.05) is 17.8 Å². The van der Waals surface area contributed by atoms with E-state index in [4.69, 9.17) is 0 Å². The summed E-state index contributed by atoms with van der Waals surface area (Å²) in [5.41, 5.74) is 1.29. The van der Waals surface area contributed by atoms with E-state index in [1.54, 1.807) is 6.92 Å². The van der Waals surface area contributed by atoms with Gasteiger partial charge < -0.3 is 10.4 Å². The monoisotopic (exact) mass is 376 g/mol. The van der Waals surface area contributed by atoms with Crippen molar-refractivity contribution in [1.29, 1.82) is 0 Å². The second kappa shape index (κ2) is 8.33. The number of sulfonamides is 1. The zero-order chi connectivity index (χ0) is 19.3. The largest absolute Gasteiger partial charge is 0.478 e. The molecule has 2 atom stereocenters. The van der Waals surface area contributed by atoms with Crippen LogP contribution in [0.25, 0.3) is 0 Å². The number of rotatable bonds is 8. The van der Waals surface area contributed by atoms with Gasteiger partial charge in [-0.1, -0.05) is 37.3 Å². The summed E-state index contributed by atoms with van der Waals surface area (Å²) in [5, 5.41) is 12.7. The fourth-order valence-corrected chi connectivity index (χ4v) is 3.82. The van der Waals surface area contributed by atoms with Gasteiger partial charge in [-0.05, 0) is 44.0 Å². The lowest BCUT2D eigenvalue weighted by molar-refractivity contribution is 0.0697. The standard InChI is InChI=1S/C19H24N2O4S/c1-4-13(2)21-26(24,25)16-10-11-18(17(12-16)19(22)23)20-14(3)15-8-6-5-7-9-15/h5-14,20-21H,4H2,1-3H3,(H,22,23). The Hall–Kier alpha value is -2.38. The van der Waals surface area contributed by atoms with E-state index in [0.717, 1.165) is 5.56 Å². The van der Waals surface area contributed by atoms with E-state index < -0.39 is 16.0 Å². The van der Waals surface area contributed by atoms with E-state index in [9.17, 15) is 18.3 Å². The summed E-state index contributed by atoms with van der Waals surface area (Å²) < 4.78 is 27.3. The molecule has 0 aromatic heterocycles. The predicted molar refractivity (Wildman–Crippen MR) is 102 cm³/mol. The SMILES string of the molecule is CCC(C)NS(=O)(=O)c1ccc(NC(C)c2ccccc2)c(C(=O)O)c1. The second-order valence-corrected chi connectivity index (χ2v) is 7.93. The Balaban J connectivity index is 2.33. The number of hydrogen-bond acceptors (Lipinski definition) is 4. The second-order valence-electron chi connectivity index (χ2n) is 6.22. The number of aromatic carboxylic acids is 1. The molecule has 0 fully saturated rings. The molecule has 0 aliphatic carbocycles. The molecular formula is C19H24N2O4S. The van der Waals surface area contributed by atoms with Crippen molar-refractivity contribution >= 4 is 21.7 Å². The summed E-state index contributed by atoms with van der Waals surface area (Å²) in [4.78, 5) is 11.6. The molecule has 0 aliphatic rings. The van der Waals surface area contributed by atoms with Gasteiger partial charge in [0.1, 0.15) is 0 Å². The number of carbonyl (C=O) groups is 1. The minimum Gasteiger partial charge on any atom is -0.478 e. The Kier molecular flexibility index (Phi) is 6.39. The van der Waals surface area contributed by atoms with Crippen LogP contribution in [0.4, 0.5) is 5.69 Å². The maximum atomic E-state index is 12.4. The van der Waals surface area contributed by atoms with Crippen LogP contribution in [0.2, 0.25) is 0 Å². The van der Waals surface area contributed by atoms with Crippen molar-refractivity contribution in [2.75, 3.05) is 5.32 Å². The van der Waals surface area contributed by atoms with E-state index in [1.165, 1.54) is 18.2 Å². The number of benzene rings is 2. The minimum absolute atomic E-state index is 0.0619. The molecule has 0 aliphatic heterocycles. The lowest BCUT2D eigenvalue weighted by atomic mass is 10.1. The number of carboxylic acids is 1. The molecule has 2 aromatic carbocycles. The van der Waals surface area contributed by atoms with Gasteiger partial charge in [0.05, 0.1) is 10.5 Å². The van der Waals surface area contributed by atoms with Crippen LogP contribution >= 0.6 is 0 Å². The van der Waals surface area contributed by atoms with Crippen LogP contribution in [0.1, 0.15) is 49.2 Å². The van der Waals surface area contributed by atoms with Gasteiger partial charge in [-0.2, -0.15) is 0 Å². The van der Waals surface area contributed by atoms with Crippen LogP contribution in [0.3, 0.4) is 0 Å². The molecule has 0 saturated carbocycles. The Labute approximate surface area is 154 Å². The molecule has 0 amide bonds. The Morgan fingerprint density at radius 1 is 1.12 bits per heavy atom. The van der Waals surface area contributed by atoms with Crippen molar-refractivity contribution in [3.63, 3.8) is 0 Å². The maximum Gasteiger partial charge on any atom is 0.337 e. The van der Waals surface area contributed by atoms with Gasteiger partial charge in [-0.25, -0.2) is 17.9 Å². The molecule has 0 spiro atoms. The summed E-state index contributed by atoms with van der Waals surface area (Å²) in [7, 11) is -3.77. The maximum absolute atomic E-state index is 12.4. The highest BCUT2D eigenvalue weighted by Gasteiger charge is 2.21. The topological polar surface area (TPSA) is 95.5 Å². The van der Waals surface area contributed by atoms with Crippen molar-refractivity contribution < 1.29 is 18.3 Å². The average molecular weight is 376 g/mol. The Morgan fingerprint density at radius 2 is 1.77 bits per heavy atom. The molecular weight excluding hydrogens is 352 g/mol. The van der Waals surface area contributed by atoms with E-state index in [0.29, 0.717) is 12.1 Å². The molecule has 0 heterocycles. The smallest absolute Gasteiger partial charge is 0.337 e. The highest BCUT2D eigenvalue weighted by molar-refractivity contribution is 7.89. The molecule has 7 heteroatoms. The number of carboxylic acid groups (broad SMARTS) is 1. The Bertz CT molecular complexity index is 866. The highest BCUT2D eigenvalue weighted by Crippen LogP contribution is 2.25. The van der Waals surface area contributed by atoms with Crippen molar-refractivity contribution in [2.45, 2.75) is 44.2 Å². The first-order chi connectivity index (χ1) is 12.2. The first-order valence-electron chi connectivity index (χ1n) is 8.45. The summed E-state index contributed by atoms with van der Waals surface area (Å²) in [6.45, 7) is 5.54. The van der Waals surface area contributed by atoms with E-state index in [2.05, 4.69) is 10.0 Å². The first kappa shape index (κ1) is 19.9. The van der Waals surface area contributed by atoms with E-state index >= 15 is 0 Å². The summed E-state index contributed by atoms with van der Waals surface area (Å²) in [5.74, 6) is -1.19. The van der Waals surface area contributed by atoms with Crippen LogP contribution in [-0.2, 0) is 10.0 Å². The quantitative estimate of drug-likeness (QED) is 0.654. The summed E-state index contributed by atoms with van der Waals surface area (Å²) >= 11 is 0. The van der Waals surface area contributed by atoms with Gasteiger partial charge >= 0.3 is 5.97 Å². The predicted octanol–water partition coefficient (Wildman–Crippen LogP) is 3.63. The fourth-order valence-electron chi connectivity index (χ4n) is 2.47.